The average molecular weight is 234 g/mol. The highest BCUT2D eigenvalue weighted by molar-refractivity contribution is 5.71. The van der Waals surface area contributed by atoms with E-state index in [0.717, 1.165) is 12.0 Å². The second-order valence-electron chi connectivity index (χ2n) is 4.88. The zero-order valence-corrected chi connectivity index (χ0v) is 10.5. The molecule has 92 valence electrons. The molecule has 0 fully saturated rings. The minimum atomic E-state index is -0.166. The molecule has 2 rings (SSSR count). The topological polar surface area (TPSA) is 46.5 Å². The Morgan fingerprint density at radius 2 is 2.18 bits per heavy atom. The summed E-state index contributed by atoms with van der Waals surface area (Å²) in [6.45, 7) is 4.01. The van der Waals surface area contributed by atoms with Crippen LogP contribution in [0.25, 0.3) is 0 Å². The van der Waals surface area contributed by atoms with Crippen LogP contribution < -0.4 is 0 Å². The molecule has 1 aromatic rings. The van der Waals surface area contributed by atoms with E-state index in [-0.39, 0.29) is 11.9 Å². The third-order valence-electron chi connectivity index (χ3n) is 3.65. The molecule has 0 saturated carbocycles. The molecular formula is C14H18O3. The van der Waals surface area contributed by atoms with Crippen LogP contribution in [0.15, 0.2) is 12.1 Å². The molecule has 0 aromatic heterocycles. The van der Waals surface area contributed by atoms with Crippen LogP contribution in [0.1, 0.15) is 48.3 Å². The van der Waals surface area contributed by atoms with Crippen molar-refractivity contribution in [1.82, 2.24) is 0 Å². The predicted octanol–water partition coefficient (Wildman–Crippen LogP) is 2.85. The Kier molecular flexibility index (Phi) is 3.09. The maximum atomic E-state index is 11.4. The Bertz CT molecular complexity index is 451. The fraction of sp³-hybridized carbons (Fsp3) is 0.500. The van der Waals surface area contributed by atoms with E-state index in [0.29, 0.717) is 18.1 Å². The zero-order valence-electron chi connectivity index (χ0n) is 10.5. The summed E-state index contributed by atoms with van der Waals surface area (Å²) >= 11 is 0. The molecule has 17 heavy (non-hydrogen) atoms. The molecule has 1 aromatic carbocycles. The van der Waals surface area contributed by atoms with Crippen LogP contribution in [0, 0.1) is 6.92 Å². The third kappa shape index (κ3) is 2.14. The van der Waals surface area contributed by atoms with Crippen molar-refractivity contribution in [2.24, 2.45) is 0 Å². The molecule has 1 N–H and O–H groups in total. The first-order chi connectivity index (χ1) is 8.02. The van der Waals surface area contributed by atoms with Crippen LogP contribution in [0.3, 0.4) is 0 Å². The molecule has 3 nitrogen and oxygen atoms in total. The van der Waals surface area contributed by atoms with Crippen molar-refractivity contribution in [2.75, 3.05) is 7.11 Å². The van der Waals surface area contributed by atoms with E-state index in [4.69, 9.17) is 4.74 Å². The second kappa shape index (κ2) is 4.40. The number of hydrogen-bond acceptors (Lipinski definition) is 3. The first-order valence-electron chi connectivity index (χ1n) is 5.93. The molecule has 0 bridgehead atoms. The summed E-state index contributed by atoms with van der Waals surface area (Å²) in [6, 6.07) is 3.84. The Labute approximate surface area is 101 Å². The summed E-state index contributed by atoms with van der Waals surface area (Å²) in [6.07, 6.45) is 1.38. The van der Waals surface area contributed by atoms with Gasteiger partial charge < -0.3 is 9.84 Å². The summed E-state index contributed by atoms with van der Waals surface area (Å²) < 4.78 is 4.73. The Balaban J connectivity index is 2.33. The van der Waals surface area contributed by atoms with Crippen LogP contribution >= 0.6 is 0 Å². The normalized spacial score (nSPS) is 22.3. The van der Waals surface area contributed by atoms with E-state index in [2.05, 4.69) is 6.92 Å². The lowest BCUT2D eigenvalue weighted by atomic mass is 9.96. The lowest BCUT2D eigenvalue weighted by Crippen LogP contribution is -2.06. The maximum Gasteiger partial charge on any atom is 0.306 e. The number of rotatable bonds is 2. The summed E-state index contributed by atoms with van der Waals surface area (Å²) in [5.74, 6) is 0.799. The summed E-state index contributed by atoms with van der Waals surface area (Å²) in [5.41, 5.74) is 3.23. The fourth-order valence-corrected chi connectivity index (χ4v) is 2.67. The van der Waals surface area contributed by atoms with Crippen LogP contribution in [-0.2, 0) is 9.53 Å². The van der Waals surface area contributed by atoms with Gasteiger partial charge in [0.1, 0.15) is 5.75 Å². The van der Waals surface area contributed by atoms with Crippen LogP contribution in [0.5, 0.6) is 5.75 Å². The van der Waals surface area contributed by atoms with E-state index in [1.54, 1.807) is 0 Å². The highest BCUT2D eigenvalue weighted by Crippen LogP contribution is 2.45. The van der Waals surface area contributed by atoms with Gasteiger partial charge in [-0.2, -0.15) is 0 Å². The van der Waals surface area contributed by atoms with Gasteiger partial charge in [-0.25, -0.2) is 0 Å². The lowest BCUT2D eigenvalue weighted by molar-refractivity contribution is -0.141. The Morgan fingerprint density at radius 1 is 1.47 bits per heavy atom. The number of fused-ring (bicyclic) bond motifs is 1. The largest absolute Gasteiger partial charge is 0.508 e. The molecule has 0 unspecified atom stereocenters. The average Bonchev–Trinajstić information content (AvgIpc) is 2.57. The minimum absolute atomic E-state index is 0.166. The van der Waals surface area contributed by atoms with Gasteiger partial charge in [0, 0.05) is 0 Å². The number of esters is 1. The van der Waals surface area contributed by atoms with E-state index in [9.17, 15) is 9.90 Å². The van der Waals surface area contributed by atoms with E-state index in [1.807, 2.05) is 19.1 Å². The monoisotopic (exact) mass is 234 g/mol. The van der Waals surface area contributed by atoms with Crippen molar-refractivity contribution < 1.29 is 14.6 Å². The SMILES string of the molecule is COC(=O)C[C@H]1C[C@H](C)c2cc(O)c(C)cc21. The van der Waals surface area contributed by atoms with Gasteiger partial charge in [0.25, 0.3) is 0 Å². The first-order valence-corrected chi connectivity index (χ1v) is 5.93. The number of hydrogen-bond donors (Lipinski definition) is 1. The van der Waals surface area contributed by atoms with Crippen LogP contribution in [0.2, 0.25) is 0 Å². The van der Waals surface area contributed by atoms with Gasteiger partial charge in [0.15, 0.2) is 0 Å². The fourth-order valence-electron chi connectivity index (χ4n) is 2.67. The second-order valence-corrected chi connectivity index (χ2v) is 4.88. The predicted molar refractivity (Wildman–Crippen MR) is 65.2 cm³/mol. The minimum Gasteiger partial charge on any atom is -0.508 e. The van der Waals surface area contributed by atoms with Crippen molar-refractivity contribution >= 4 is 5.97 Å². The number of phenols is 1. The Morgan fingerprint density at radius 3 is 2.82 bits per heavy atom. The molecule has 1 aliphatic rings. The number of ether oxygens (including phenoxy) is 1. The van der Waals surface area contributed by atoms with E-state index in [1.165, 1.54) is 18.2 Å². The third-order valence-corrected chi connectivity index (χ3v) is 3.65. The molecule has 0 heterocycles. The molecule has 0 radical (unpaired) electrons. The van der Waals surface area contributed by atoms with Gasteiger partial charge in [-0.05, 0) is 47.9 Å². The van der Waals surface area contributed by atoms with Gasteiger partial charge in [0.2, 0.25) is 0 Å². The first kappa shape index (κ1) is 12.0. The lowest BCUT2D eigenvalue weighted by Gasteiger charge is -2.11. The summed E-state index contributed by atoms with van der Waals surface area (Å²) in [5, 5.41) is 9.72. The van der Waals surface area contributed by atoms with Crippen LogP contribution in [0.4, 0.5) is 0 Å². The highest BCUT2D eigenvalue weighted by atomic mass is 16.5. The van der Waals surface area contributed by atoms with Gasteiger partial charge >= 0.3 is 5.97 Å². The van der Waals surface area contributed by atoms with Crippen molar-refractivity contribution in [3.8, 4) is 5.75 Å². The van der Waals surface area contributed by atoms with Crippen molar-refractivity contribution in [1.29, 1.82) is 0 Å². The molecule has 0 saturated heterocycles. The molecule has 0 spiro atoms. The van der Waals surface area contributed by atoms with Crippen LogP contribution in [-0.4, -0.2) is 18.2 Å². The van der Waals surface area contributed by atoms with Gasteiger partial charge in [0.05, 0.1) is 13.5 Å². The molecule has 2 atom stereocenters. The molecular weight excluding hydrogens is 216 g/mol. The molecule has 0 aliphatic heterocycles. The van der Waals surface area contributed by atoms with Gasteiger partial charge in [-0.3, -0.25) is 4.79 Å². The molecule has 1 aliphatic carbocycles. The summed E-state index contributed by atoms with van der Waals surface area (Å²) in [7, 11) is 1.42. The number of benzene rings is 1. The quantitative estimate of drug-likeness (QED) is 0.800. The summed E-state index contributed by atoms with van der Waals surface area (Å²) in [4.78, 5) is 11.4. The molecule has 3 heteroatoms. The van der Waals surface area contributed by atoms with Crippen molar-refractivity contribution in [3.05, 3.63) is 28.8 Å². The number of phenolic OH excluding ortho intramolecular Hbond substituents is 1. The standard InChI is InChI=1S/C14H18O3/c1-8-4-10(6-14(16)17-3)12-5-9(2)13(15)7-11(8)12/h5,7-8,10,15H,4,6H2,1-3H3/t8-,10+/m0/s1. The number of aromatic hydroxyl groups is 1. The zero-order chi connectivity index (χ0) is 12.6. The number of carbonyl (C=O) groups is 1. The number of methoxy groups -OCH3 is 1. The number of aryl methyl sites for hydroxylation is 1. The molecule has 0 amide bonds. The smallest absolute Gasteiger partial charge is 0.306 e. The van der Waals surface area contributed by atoms with Gasteiger partial charge in [-0.1, -0.05) is 13.0 Å². The van der Waals surface area contributed by atoms with E-state index < -0.39 is 0 Å². The van der Waals surface area contributed by atoms with Gasteiger partial charge in [-0.15, -0.1) is 0 Å². The number of carbonyl (C=O) groups excluding carboxylic acids is 1. The van der Waals surface area contributed by atoms with Crippen molar-refractivity contribution in [2.45, 2.75) is 38.5 Å². The Hall–Kier alpha value is -1.51. The van der Waals surface area contributed by atoms with Crippen molar-refractivity contribution in [3.63, 3.8) is 0 Å². The van der Waals surface area contributed by atoms with E-state index >= 15 is 0 Å². The highest BCUT2D eigenvalue weighted by Gasteiger charge is 2.30. The maximum absolute atomic E-state index is 11.4.